The van der Waals surface area contributed by atoms with Gasteiger partial charge in [0.1, 0.15) is 5.41 Å². The first-order chi connectivity index (χ1) is 9.54. The number of urea groups is 1. The van der Waals surface area contributed by atoms with E-state index in [0.717, 1.165) is 32.2 Å². The van der Waals surface area contributed by atoms with Crippen LogP contribution in [0.2, 0.25) is 0 Å². The smallest absolute Gasteiger partial charge is 0.304 e. The molecular weight excluding hydrogens is 258 g/mol. The van der Waals surface area contributed by atoms with Gasteiger partial charge in [0, 0.05) is 6.54 Å². The van der Waals surface area contributed by atoms with E-state index in [1.807, 2.05) is 7.05 Å². The van der Waals surface area contributed by atoms with Gasteiger partial charge in [-0.15, -0.1) is 0 Å². The number of likely N-dealkylation sites (N-methyl/N-ethyl adjacent to an activating group) is 1. The van der Waals surface area contributed by atoms with Crippen LogP contribution in [0, 0.1) is 5.41 Å². The van der Waals surface area contributed by atoms with E-state index in [0.29, 0.717) is 19.4 Å². The quantitative estimate of drug-likeness (QED) is 0.718. The molecule has 2 saturated heterocycles. The Morgan fingerprint density at radius 3 is 2.50 bits per heavy atom. The zero-order valence-corrected chi connectivity index (χ0v) is 11.9. The molecule has 4 amide bonds. The molecule has 6 heteroatoms. The largest absolute Gasteiger partial charge is 0.331 e. The molecule has 3 fully saturated rings. The predicted molar refractivity (Wildman–Crippen MR) is 71.8 cm³/mol. The summed E-state index contributed by atoms with van der Waals surface area (Å²) in [5, 5.41) is 2.41. The average molecular weight is 279 g/mol. The van der Waals surface area contributed by atoms with Gasteiger partial charge in [-0.2, -0.15) is 0 Å². The monoisotopic (exact) mass is 279 g/mol. The number of hydrogen-bond acceptors (Lipinski definition) is 4. The Labute approximate surface area is 118 Å². The summed E-state index contributed by atoms with van der Waals surface area (Å²) in [5.41, 5.74) is -0.968. The summed E-state index contributed by atoms with van der Waals surface area (Å²) in [5.74, 6) is -0.644. The lowest BCUT2D eigenvalue weighted by molar-refractivity contribution is -0.153. The van der Waals surface area contributed by atoms with Crippen molar-refractivity contribution in [2.45, 2.75) is 44.6 Å². The third kappa shape index (κ3) is 1.93. The van der Waals surface area contributed by atoms with Crippen LogP contribution in [0.5, 0.6) is 0 Å². The molecule has 110 valence electrons. The van der Waals surface area contributed by atoms with E-state index in [9.17, 15) is 14.4 Å². The summed E-state index contributed by atoms with van der Waals surface area (Å²) in [6.45, 7) is 1.69. The molecule has 3 rings (SSSR count). The molecule has 2 heterocycles. The molecule has 3 aliphatic rings. The first-order valence-electron chi connectivity index (χ1n) is 7.42. The summed E-state index contributed by atoms with van der Waals surface area (Å²) < 4.78 is 0. The molecule has 1 aliphatic carbocycles. The number of piperidine rings is 1. The summed E-state index contributed by atoms with van der Waals surface area (Å²) in [7, 11) is 2.00. The standard InChI is InChI=1S/C14H21N3O3/c1-16-8-4-5-10(9-16)17-12(19)14(6-2-3-7-14)11(18)15-13(17)20/h10H,2-9H2,1H3,(H,15,18,20). The van der Waals surface area contributed by atoms with E-state index in [2.05, 4.69) is 10.2 Å². The molecule has 0 bridgehead atoms. The van der Waals surface area contributed by atoms with Gasteiger partial charge in [-0.25, -0.2) is 4.79 Å². The molecule has 2 aliphatic heterocycles. The maximum absolute atomic E-state index is 12.8. The summed E-state index contributed by atoms with van der Waals surface area (Å²) >= 11 is 0. The Hall–Kier alpha value is -1.43. The van der Waals surface area contributed by atoms with Crippen LogP contribution in [-0.4, -0.2) is 53.8 Å². The second kappa shape index (κ2) is 4.84. The van der Waals surface area contributed by atoms with E-state index >= 15 is 0 Å². The minimum absolute atomic E-state index is 0.105. The maximum atomic E-state index is 12.8. The van der Waals surface area contributed by atoms with Gasteiger partial charge in [-0.1, -0.05) is 12.8 Å². The van der Waals surface area contributed by atoms with E-state index in [4.69, 9.17) is 0 Å². The molecule has 0 aromatic carbocycles. The van der Waals surface area contributed by atoms with Crippen molar-refractivity contribution in [3.63, 3.8) is 0 Å². The highest BCUT2D eigenvalue weighted by Crippen LogP contribution is 2.42. The lowest BCUT2D eigenvalue weighted by Gasteiger charge is -2.43. The Morgan fingerprint density at radius 1 is 1.15 bits per heavy atom. The molecule has 20 heavy (non-hydrogen) atoms. The van der Waals surface area contributed by atoms with Crippen LogP contribution < -0.4 is 5.32 Å². The third-order valence-electron chi connectivity index (χ3n) is 4.92. The molecule has 0 radical (unpaired) electrons. The highest BCUT2D eigenvalue weighted by molar-refractivity contribution is 6.19. The lowest BCUT2D eigenvalue weighted by atomic mass is 9.81. The fourth-order valence-electron chi connectivity index (χ4n) is 3.80. The zero-order valence-electron chi connectivity index (χ0n) is 11.9. The number of amides is 4. The molecule has 1 atom stereocenters. The number of rotatable bonds is 1. The zero-order chi connectivity index (χ0) is 14.3. The molecular formula is C14H21N3O3. The van der Waals surface area contributed by atoms with Crippen LogP contribution >= 0.6 is 0 Å². The fourth-order valence-corrected chi connectivity index (χ4v) is 3.80. The summed E-state index contributed by atoms with van der Waals surface area (Å²) in [4.78, 5) is 40.5. The second-order valence-corrected chi connectivity index (χ2v) is 6.28. The Kier molecular flexibility index (Phi) is 3.28. The Balaban J connectivity index is 1.87. The number of barbiturate groups is 1. The SMILES string of the molecule is CN1CCCC(N2C(=O)NC(=O)C3(CCCC3)C2=O)C1. The van der Waals surface area contributed by atoms with Crippen molar-refractivity contribution in [1.29, 1.82) is 0 Å². The number of nitrogens with zero attached hydrogens (tertiary/aromatic N) is 2. The molecule has 0 aromatic rings. The summed E-state index contributed by atoms with van der Waals surface area (Å²) in [6, 6.07) is -0.635. The maximum Gasteiger partial charge on any atom is 0.331 e. The van der Waals surface area contributed by atoms with Crippen molar-refractivity contribution in [2.75, 3.05) is 20.1 Å². The fraction of sp³-hybridized carbons (Fsp3) is 0.786. The Morgan fingerprint density at radius 2 is 1.85 bits per heavy atom. The number of imide groups is 2. The van der Waals surface area contributed by atoms with Crippen molar-refractivity contribution >= 4 is 17.8 Å². The average Bonchev–Trinajstić information content (AvgIpc) is 2.87. The predicted octanol–water partition coefficient (Wildman–Crippen LogP) is 0.719. The molecule has 6 nitrogen and oxygen atoms in total. The van der Waals surface area contributed by atoms with Crippen molar-refractivity contribution in [2.24, 2.45) is 5.41 Å². The van der Waals surface area contributed by atoms with Crippen LogP contribution in [0.3, 0.4) is 0 Å². The van der Waals surface area contributed by atoms with Gasteiger partial charge in [0.15, 0.2) is 0 Å². The molecule has 1 saturated carbocycles. The van der Waals surface area contributed by atoms with Gasteiger partial charge in [0.2, 0.25) is 11.8 Å². The number of likely N-dealkylation sites (tertiary alicyclic amines) is 1. The van der Waals surface area contributed by atoms with Gasteiger partial charge >= 0.3 is 6.03 Å². The van der Waals surface area contributed by atoms with Crippen LogP contribution in [0.1, 0.15) is 38.5 Å². The van der Waals surface area contributed by atoms with Gasteiger partial charge in [-0.3, -0.25) is 19.8 Å². The number of carbonyl (C=O) groups is 3. The minimum Gasteiger partial charge on any atom is -0.304 e. The van der Waals surface area contributed by atoms with Crippen LogP contribution in [0.15, 0.2) is 0 Å². The molecule has 1 N–H and O–H groups in total. The molecule has 0 aromatic heterocycles. The number of carbonyl (C=O) groups excluding carboxylic acids is 3. The van der Waals surface area contributed by atoms with Crippen LogP contribution in [0.25, 0.3) is 0 Å². The number of hydrogen-bond donors (Lipinski definition) is 1. The topological polar surface area (TPSA) is 69.7 Å². The van der Waals surface area contributed by atoms with Crippen LogP contribution in [-0.2, 0) is 9.59 Å². The minimum atomic E-state index is -0.968. The summed E-state index contributed by atoms with van der Waals surface area (Å²) in [6.07, 6.45) is 4.71. The third-order valence-corrected chi connectivity index (χ3v) is 4.92. The van der Waals surface area contributed by atoms with Gasteiger partial charge in [0.25, 0.3) is 0 Å². The van der Waals surface area contributed by atoms with Crippen molar-refractivity contribution in [3.05, 3.63) is 0 Å². The van der Waals surface area contributed by atoms with Gasteiger partial charge in [0.05, 0.1) is 6.04 Å². The van der Waals surface area contributed by atoms with E-state index in [1.54, 1.807) is 0 Å². The van der Waals surface area contributed by atoms with Gasteiger partial charge in [-0.05, 0) is 39.3 Å². The van der Waals surface area contributed by atoms with E-state index < -0.39 is 11.4 Å². The van der Waals surface area contributed by atoms with E-state index in [1.165, 1.54) is 4.90 Å². The first kappa shape index (κ1) is 13.5. The highest BCUT2D eigenvalue weighted by Gasteiger charge is 2.56. The van der Waals surface area contributed by atoms with Gasteiger partial charge < -0.3 is 4.90 Å². The van der Waals surface area contributed by atoms with Crippen LogP contribution in [0.4, 0.5) is 4.79 Å². The highest BCUT2D eigenvalue weighted by atomic mass is 16.2. The second-order valence-electron chi connectivity index (χ2n) is 6.28. The van der Waals surface area contributed by atoms with Crippen molar-refractivity contribution < 1.29 is 14.4 Å². The van der Waals surface area contributed by atoms with Crippen molar-refractivity contribution in [1.82, 2.24) is 15.1 Å². The first-order valence-corrected chi connectivity index (χ1v) is 7.42. The number of nitrogens with one attached hydrogen (secondary N) is 1. The van der Waals surface area contributed by atoms with Crippen molar-refractivity contribution in [3.8, 4) is 0 Å². The Bertz CT molecular complexity index is 457. The lowest BCUT2D eigenvalue weighted by Crippen LogP contribution is -2.67. The van der Waals surface area contributed by atoms with E-state index in [-0.39, 0.29) is 17.9 Å². The molecule has 1 unspecified atom stereocenters. The normalized spacial score (nSPS) is 30.9. The molecule has 1 spiro atoms.